The molecular weight excluding hydrogens is 356 g/mol. The highest BCUT2D eigenvalue weighted by Crippen LogP contribution is 2.14. The summed E-state index contributed by atoms with van der Waals surface area (Å²) in [6.07, 6.45) is 0.644. The zero-order valence-electron chi connectivity index (χ0n) is 12.4. The number of rotatable bonds is 6. The van der Waals surface area contributed by atoms with Crippen LogP contribution in [0.4, 0.5) is 5.69 Å². The monoisotopic (exact) mass is 370 g/mol. The summed E-state index contributed by atoms with van der Waals surface area (Å²) >= 11 is 3.32. The molecule has 116 valence electrons. The van der Waals surface area contributed by atoms with Crippen molar-refractivity contribution < 1.29 is 9.59 Å². The highest BCUT2D eigenvalue weighted by molar-refractivity contribution is 9.10. The smallest absolute Gasteiger partial charge is 0.224 e. The first-order valence-electron chi connectivity index (χ1n) is 7.13. The van der Waals surface area contributed by atoms with Gasteiger partial charge in [0.05, 0.1) is 12.5 Å². The predicted octanol–water partition coefficient (Wildman–Crippen LogP) is 4.12. The molecule has 23 heavy (non-hydrogen) atoms. The summed E-state index contributed by atoms with van der Waals surface area (Å²) in [5.41, 5.74) is 2.16. The Morgan fingerprint density at radius 1 is 1.00 bits per heavy atom. The molecule has 0 heterocycles. The fraction of sp³-hybridized carbons (Fsp3) is 0.167. The summed E-state index contributed by atoms with van der Waals surface area (Å²) in [6, 6.07) is 16.2. The third-order valence-electron chi connectivity index (χ3n) is 3.27. The number of nitriles is 1. The van der Waals surface area contributed by atoms with Crippen molar-refractivity contribution in [2.75, 3.05) is 5.32 Å². The van der Waals surface area contributed by atoms with Crippen LogP contribution in [-0.4, -0.2) is 11.7 Å². The molecule has 1 amide bonds. The number of halogens is 1. The Balaban J connectivity index is 1.84. The first kappa shape index (κ1) is 16.9. The van der Waals surface area contributed by atoms with Crippen LogP contribution in [0.2, 0.25) is 0 Å². The number of hydrogen-bond donors (Lipinski definition) is 1. The molecule has 0 bridgehead atoms. The molecule has 0 saturated heterocycles. The lowest BCUT2D eigenvalue weighted by molar-refractivity contribution is -0.116. The molecule has 2 aromatic carbocycles. The number of ketones is 1. The van der Waals surface area contributed by atoms with Crippen LogP contribution in [-0.2, 0) is 11.2 Å². The number of hydrogen-bond acceptors (Lipinski definition) is 3. The fourth-order valence-electron chi connectivity index (χ4n) is 2.03. The van der Waals surface area contributed by atoms with Crippen LogP contribution in [0, 0.1) is 11.3 Å². The summed E-state index contributed by atoms with van der Waals surface area (Å²) in [4.78, 5) is 23.9. The van der Waals surface area contributed by atoms with Crippen LogP contribution in [0.5, 0.6) is 0 Å². The molecule has 0 unspecified atom stereocenters. The van der Waals surface area contributed by atoms with E-state index in [2.05, 4.69) is 27.3 Å². The van der Waals surface area contributed by atoms with Crippen molar-refractivity contribution in [1.29, 1.82) is 5.26 Å². The van der Waals surface area contributed by atoms with Gasteiger partial charge in [-0.15, -0.1) is 0 Å². The van der Waals surface area contributed by atoms with Crippen molar-refractivity contribution in [3.8, 4) is 6.07 Å². The molecule has 1 N–H and O–H groups in total. The van der Waals surface area contributed by atoms with E-state index >= 15 is 0 Å². The quantitative estimate of drug-likeness (QED) is 0.777. The third-order valence-corrected chi connectivity index (χ3v) is 3.79. The maximum atomic E-state index is 12.0. The summed E-state index contributed by atoms with van der Waals surface area (Å²) < 4.78 is 0.909. The van der Waals surface area contributed by atoms with E-state index in [0.29, 0.717) is 17.7 Å². The van der Waals surface area contributed by atoms with Gasteiger partial charge in [0.2, 0.25) is 5.91 Å². The molecule has 0 aliphatic heterocycles. The van der Waals surface area contributed by atoms with Crippen molar-refractivity contribution in [3.05, 3.63) is 64.1 Å². The van der Waals surface area contributed by atoms with Crippen LogP contribution in [0.3, 0.4) is 0 Å². The molecule has 5 heteroatoms. The summed E-state index contributed by atoms with van der Waals surface area (Å²) in [5, 5.41) is 11.4. The van der Waals surface area contributed by atoms with Gasteiger partial charge in [0.1, 0.15) is 0 Å². The normalized spacial score (nSPS) is 9.91. The van der Waals surface area contributed by atoms with E-state index in [1.165, 1.54) is 0 Å². The fourth-order valence-corrected chi connectivity index (χ4v) is 2.29. The molecule has 2 rings (SSSR count). The summed E-state index contributed by atoms with van der Waals surface area (Å²) in [7, 11) is 0. The van der Waals surface area contributed by atoms with Crippen molar-refractivity contribution in [2.24, 2.45) is 0 Å². The lowest BCUT2D eigenvalue weighted by atomic mass is 10.1. The molecule has 0 fully saturated rings. The van der Waals surface area contributed by atoms with Crippen molar-refractivity contribution in [3.63, 3.8) is 0 Å². The van der Waals surface area contributed by atoms with Crippen LogP contribution in [0.15, 0.2) is 53.0 Å². The second-order valence-electron chi connectivity index (χ2n) is 5.01. The molecule has 4 nitrogen and oxygen atoms in total. The maximum Gasteiger partial charge on any atom is 0.224 e. The summed E-state index contributed by atoms with van der Waals surface area (Å²) in [6.45, 7) is 0. The van der Waals surface area contributed by atoms with Crippen LogP contribution >= 0.6 is 15.9 Å². The predicted molar refractivity (Wildman–Crippen MR) is 92.1 cm³/mol. The number of amides is 1. The molecule has 0 aliphatic rings. The van der Waals surface area contributed by atoms with Gasteiger partial charge >= 0.3 is 0 Å². The van der Waals surface area contributed by atoms with Gasteiger partial charge in [0.25, 0.3) is 0 Å². The molecule has 2 aromatic rings. The lowest BCUT2D eigenvalue weighted by Crippen LogP contribution is -2.13. The van der Waals surface area contributed by atoms with Crippen LogP contribution in [0.1, 0.15) is 28.8 Å². The van der Waals surface area contributed by atoms with E-state index in [0.717, 1.165) is 10.0 Å². The minimum atomic E-state index is -0.205. The second kappa shape index (κ2) is 8.25. The third kappa shape index (κ3) is 5.35. The minimum Gasteiger partial charge on any atom is -0.326 e. The van der Waals surface area contributed by atoms with E-state index in [1.807, 2.05) is 0 Å². The van der Waals surface area contributed by atoms with Gasteiger partial charge < -0.3 is 5.32 Å². The number of nitrogens with one attached hydrogen (secondary N) is 1. The van der Waals surface area contributed by atoms with E-state index < -0.39 is 0 Å². The largest absolute Gasteiger partial charge is 0.326 e. The molecular formula is C18H15BrN2O2. The standard InChI is InChI=1S/C18H15BrN2O2/c19-15-5-3-14(4-6-15)17(22)9-10-18(23)21-16-7-1-13(2-8-16)11-12-20/h1-8H,9-11H2,(H,21,23). The minimum absolute atomic E-state index is 0.0583. The second-order valence-corrected chi connectivity index (χ2v) is 5.93. The van der Waals surface area contributed by atoms with E-state index in [9.17, 15) is 9.59 Å². The molecule has 0 aliphatic carbocycles. The summed E-state index contributed by atoms with van der Waals surface area (Å²) in [5.74, 6) is -0.263. The van der Waals surface area contributed by atoms with Gasteiger partial charge in [-0.3, -0.25) is 9.59 Å². The molecule has 0 atom stereocenters. The topological polar surface area (TPSA) is 70.0 Å². The van der Waals surface area contributed by atoms with Crippen molar-refractivity contribution in [1.82, 2.24) is 0 Å². The highest BCUT2D eigenvalue weighted by atomic mass is 79.9. The molecule has 0 aromatic heterocycles. The molecule has 0 radical (unpaired) electrons. The van der Waals surface area contributed by atoms with Crippen molar-refractivity contribution >= 4 is 33.3 Å². The Bertz CT molecular complexity index is 731. The van der Waals surface area contributed by atoms with Crippen LogP contribution in [0.25, 0.3) is 0 Å². The molecule has 0 spiro atoms. The van der Waals surface area contributed by atoms with Crippen molar-refractivity contribution in [2.45, 2.75) is 19.3 Å². The highest BCUT2D eigenvalue weighted by Gasteiger charge is 2.09. The van der Waals surface area contributed by atoms with Gasteiger partial charge in [0.15, 0.2) is 5.78 Å². The zero-order valence-corrected chi connectivity index (χ0v) is 14.0. The van der Waals surface area contributed by atoms with E-state index in [1.54, 1.807) is 48.5 Å². The van der Waals surface area contributed by atoms with Gasteiger partial charge in [-0.1, -0.05) is 40.2 Å². The average Bonchev–Trinajstić information content (AvgIpc) is 2.55. The Hall–Kier alpha value is -2.45. The Morgan fingerprint density at radius 3 is 2.26 bits per heavy atom. The Labute approximate surface area is 143 Å². The molecule has 0 saturated carbocycles. The number of benzene rings is 2. The SMILES string of the molecule is N#CCc1ccc(NC(=O)CCC(=O)c2ccc(Br)cc2)cc1. The lowest BCUT2D eigenvalue weighted by Gasteiger charge is -2.06. The first-order chi connectivity index (χ1) is 11.1. The average molecular weight is 371 g/mol. The van der Waals surface area contributed by atoms with Gasteiger partial charge in [-0.25, -0.2) is 0 Å². The number of carbonyl (C=O) groups excluding carboxylic acids is 2. The van der Waals surface area contributed by atoms with Gasteiger partial charge in [-0.2, -0.15) is 5.26 Å². The van der Waals surface area contributed by atoms with Gasteiger partial charge in [0, 0.05) is 28.6 Å². The van der Waals surface area contributed by atoms with E-state index in [4.69, 9.17) is 5.26 Å². The van der Waals surface area contributed by atoms with E-state index in [-0.39, 0.29) is 24.5 Å². The number of nitrogens with zero attached hydrogens (tertiary/aromatic N) is 1. The van der Waals surface area contributed by atoms with Gasteiger partial charge in [-0.05, 0) is 29.8 Å². The first-order valence-corrected chi connectivity index (χ1v) is 7.92. The number of anilines is 1. The number of Topliss-reactive ketones (excluding diaryl/α,β-unsaturated/α-hetero) is 1. The van der Waals surface area contributed by atoms with Crippen LogP contribution < -0.4 is 5.32 Å². The zero-order chi connectivity index (χ0) is 16.7. The number of carbonyl (C=O) groups is 2. The maximum absolute atomic E-state index is 12.0. The Kier molecular flexibility index (Phi) is 6.07. The Morgan fingerprint density at radius 2 is 1.65 bits per heavy atom.